The summed E-state index contributed by atoms with van der Waals surface area (Å²) >= 11 is 0. The molecule has 64 valence electrons. The van der Waals surface area contributed by atoms with Crippen molar-refractivity contribution < 1.29 is 23.4 Å². The monoisotopic (exact) mass is 166 g/mol. The molecule has 0 aliphatic heterocycles. The standard InChI is InChI=1S/C6H8F2O3/c1-2-11-4(6(7)8)3-5(9)10/h3,6H,2H2,1H3,(H,9,10)/b4-3+. The summed E-state index contributed by atoms with van der Waals surface area (Å²) in [4.78, 5) is 9.90. The van der Waals surface area contributed by atoms with Gasteiger partial charge in [-0.15, -0.1) is 0 Å². The van der Waals surface area contributed by atoms with Gasteiger partial charge in [0.15, 0.2) is 5.76 Å². The van der Waals surface area contributed by atoms with E-state index < -0.39 is 18.2 Å². The third kappa shape index (κ3) is 4.30. The van der Waals surface area contributed by atoms with Crippen LogP contribution in [0.5, 0.6) is 0 Å². The van der Waals surface area contributed by atoms with Gasteiger partial charge in [-0.2, -0.15) is 0 Å². The summed E-state index contributed by atoms with van der Waals surface area (Å²) in [6.45, 7) is 1.53. The number of ether oxygens (including phenoxy) is 1. The summed E-state index contributed by atoms with van der Waals surface area (Å²) in [5.41, 5.74) is 0. The van der Waals surface area contributed by atoms with Gasteiger partial charge in [0.1, 0.15) is 0 Å². The second kappa shape index (κ2) is 4.65. The van der Waals surface area contributed by atoms with Crippen molar-refractivity contribution in [3.8, 4) is 0 Å². The highest BCUT2D eigenvalue weighted by molar-refractivity contribution is 5.80. The minimum Gasteiger partial charge on any atom is -0.492 e. The highest BCUT2D eigenvalue weighted by Gasteiger charge is 2.13. The van der Waals surface area contributed by atoms with Crippen molar-refractivity contribution in [3.05, 3.63) is 11.8 Å². The zero-order chi connectivity index (χ0) is 8.85. The third-order valence-corrected chi connectivity index (χ3v) is 0.792. The fourth-order valence-corrected chi connectivity index (χ4v) is 0.456. The van der Waals surface area contributed by atoms with Crippen molar-refractivity contribution in [2.45, 2.75) is 13.3 Å². The molecule has 0 aromatic heterocycles. The van der Waals surface area contributed by atoms with Crippen molar-refractivity contribution in [1.82, 2.24) is 0 Å². The molecule has 5 heteroatoms. The van der Waals surface area contributed by atoms with Crippen LogP contribution >= 0.6 is 0 Å². The Hall–Kier alpha value is -1.13. The molecule has 0 aliphatic rings. The van der Waals surface area contributed by atoms with E-state index in [4.69, 9.17) is 5.11 Å². The number of halogens is 2. The molecule has 0 heterocycles. The van der Waals surface area contributed by atoms with E-state index in [1.165, 1.54) is 6.92 Å². The van der Waals surface area contributed by atoms with E-state index in [2.05, 4.69) is 4.74 Å². The molecule has 0 unspecified atom stereocenters. The van der Waals surface area contributed by atoms with Crippen molar-refractivity contribution in [3.63, 3.8) is 0 Å². The van der Waals surface area contributed by atoms with Gasteiger partial charge in [-0.3, -0.25) is 0 Å². The molecule has 0 saturated carbocycles. The lowest BCUT2D eigenvalue weighted by molar-refractivity contribution is -0.131. The predicted molar refractivity (Wildman–Crippen MR) is 33.3 cm³/mol. The summed E-state index contributed by atoms with van der Waals surface area (Å²) < 4.78 is 27.9. The topological polar surface area (TPSA) is 46.5 Å². The number of allylic oxidation sites excluding steroid dienone is 1. The van der Waals surface area contributed by atoms with Gasteiger partial charge in [0.2, 0.25) is 0 Å². The van der Waals surface area contributed by atoms with Gasteiger partial charge < -0.3 is 9.84 Å². The van der Waals surface area contributed by atoms with Gasteiger partial charge >= 0.3 is 5.97 Å². The van der Waals surface area contributed by atoms with E-state index in [0.717, 1.165) is 0 Å². The third-order valence-electron chi connectivity index (χ3n) is 0.792. The molecule has 0 bridgehead atoms. The molecule has 0 fully saturated rings. The van der Waals surface area contributed by atoms with Gasteiger partial charge in [0.25, 0.3) is 6.43 Å². The summed E-state index contributed by atoms with van der Waals surface area (Å²) in [5, 5.41) is 8.07. The Kier molecular flexibility index (Phi) is 4.17. The van der Waals surface area contributed by atoms with Crippen LogP contribution in [-0.2, 0) is 9.53 Å². The molecule has 0 aromatic rings. The van der Waals surface area contributed by atoms with Crippen LogP contribution in [-0.4, -0.2) is 24.1 Å². The van der Waals surface area contributed by atoms with Gasteiger partial charge in [0.05, 0.1) is 12.7 Å². The zero-order valence-electron chi connectivity index (χ0n) is 5.88. The van der Waals surface area contributed by atoms with Crippen LogP contribution < -0.4 is 0 Å². The van der Waals surface area contributed by atoms with E-state index in [-0.39, 0.29) is 6.61 Å². The molecule has 0 radical (unpaired) electrons. The summed E-state index contributed by atoms with van der Waals surface area (Å²) in [6.07, 6.45) is -2.51. The molecule has 1 N–H and O–H groups in total. The molecule has 0 aromatic carbocycles. The Morgan fingerprint density at radius 1 is 1.73 bits per heavy atom. The van der Waals surface area contributed by atoms with E-state index >= 15 is 0 Å². The van der Waals surface area contributed by atoms with E-state index in [1.54, 1.807) is 0 Å². The van der Waals surface area contributed by atoms with Crippen LogP contribution in [0, 0.1) is 0 Å². The molecule has 0 aliphatic carbocycles. The van der Waals surface area contributed by atoms with Crippen LogP contribution in [0.2, 0.25) is 0 Å². The van der Waals surface area contributed by atoms with Crippen LogP contribution in [0.1, 0.15) is 6.92 Å². The van der Waals surface area contributed by atoms with Crippen molar-refractivity contribution in [1.29, 1.82) is 0 Å². The lowest BCUT2D eigenvalue weighted by Gasteiger charge is -2.04. The van der Waals surface area contributed by atoms with Crippen molar-refractivity contribution in [2.24, 2.45) is 0 Å². The number of aliphatic carboxylic acids is 1. The summed E-state index contributed by atoms with van der Waals surface area (Å²) in [6, 6.07) is 0. The normalized spacial score (nSPS) is 11.8. The van der Waals surface area contributed by atoms with Crippen molar-refractivity contribution >= 4 is 5.97 Å². The van der Waals surface area contributed by atoms with Gasteiger partial charge in [0, 0.05) is 0 Å². The van der Waals surface area contributed by atoms with Crippen LogP contribution in [0.3, 0.4) is 0 Å². The second-order valence-corrected chi connectivity index (χ2v) is 1.62. The number of rotatable bonds is 4. The smallest absolute Gasteiger partial charge is 0.331 e. The maximum Gasteiger partial charge on any atom is 0.331 e. The molecule has 0 rings (SSSR count). The fourth-order valence-electron chi connectivity index (χ4n) is 0.456. The summed E-state index contributed by atoms with van der Waals surface area (Å²) in [7, 11) is 0. The number of hydrogen-bond donors (Lipinski definition) is 1. The molecule has 11 heavy (non-hydrogen) atoms. The van der Waals surface area contributed by atoms with Crippen LogP contribution in [0.25, 0.3) is 0 Å². The Bertz CT molecular complexity index is 165. The number of carbonyl (C=O) groups is 1. The maximum absolute atomic E-state index is 11.8. The first-order valence-corrected chi connectivity index (χ1v) is 2.93. The number of carboxylic acid groups (broad SMARTS) is 1. The lowest BCUT2D eigenvalue weighted by Crippen LogP contribution is -2.05. The highest BCUT2D eigenvalue weighted by atomic mass is 19.3. The molecule has 0 saturated heterocycles. The first-order chi connectivity index (χ1) is 5.07. The SMILES string of the molecule is CCO/C(=C/C(=O)O)C(F)F. The Labute approximate surface area is 62.3 Å². The van der Waals surface area contributed by atoms with E-state index in [1.807, 2.05) is 0 Å². The first kappa shape index (κ1) is 9.87. The number of hydrogen-bond acceptors (Lipinski definition) is 2. The number of carboxylic acids is 1. The number of alkyl halides is 2. The Morgan fingerprint density at radius 3 is 2.55 bits per heavy atom. The molecule has 3 nitrogen and oxygen atoms in total. The van der Waals surface area contributed by atoms with Crippen molar-refractivity contribution in [2.75, 3.05) is 6.61 Å². The molecular weight excluding hydrogens is 158 g/mol. The Morgan fingerprint density at radius 2 is 2.27 bits per heavy atom. The highest BCUT2D eigenvalue weighted by Crippen LogP contribution is 2.09. The predicted octanol–water partition coefficient (Wildman–Crippen LogP) is 1.26. The maximum atomic E-state index is 11.8. The zero-order valence-corrected chi connectivity index (χ0v) is 5.88. The Balaban J connectivity index is 4.20. The van der Waals surface area contributed by atoms with Crippen LogP contribution in [0.4, 0.5) is 8.78 Å². The largest absolute Gasteiger partial charge is 0.492 e. The first-order valence-electron chi connectivity index (χ1n) is 2.93. The molecule has 0 spiro atoms. The van der Waals surface area contributed by atoms with Gasteiger partial charge in [-0.05, 0) is 6.92 Å². The van der Waals surface area contributed by atoms with E-state index in [0.29, 0.717) is 6.08 Å². The molecular formula is C6H8F2O3. The minimum absolute atomic E-state index is 0.0312. The summed E-state index contributed by atoms with van der Waals surface area (Å²) in [5.74, 6) is -2.24. The van der Waals surface area contributed by atoms with Crippen LogP contribution in [0.15, 0.2) is 11.8 Å². The van der Waals surface area contributed by atoms with E-state index in [9.17, 15) is 13.6 Å². The average Bonchev–Trinajstić information content (AvgIpc) is 1.86. The fraction of sp³-hybridized carbons (Fsp3) is 0.500. The van der Waals surface area contributed by atoms with Gasteiger partial charge in [-0.1, -0.05) is 0 Å². The molecule has 0 amide bonds. The van der Waals surface area contributed by atoms with Gasteiger partial charge in [-0.25, -0.2) is 13.6 Å². The second-order valence-electron chi connectivity index (χ2n) is 1.62. The average molecular weight is 166 g/mol. The quantitative estimate of drug-likeness (QED) is 0.505. The molecule has 0 atom stereocenters. The minimum atomic E-state index is -2.87. The lowest BCUT2D eigenvalue weighted by atomic mass is 10.4.